The number of ether oxygens (including phenoxy) is 3. The fourth-order valence-corrected chi connectivity index (χ4v) is 5.49. The van der Waals surface area contributed by atoms with Crippen LogP contribution in [0.1, 0.15) is 38.8 Å². The third-order valence-corrected chi connectivity index (χ3v) is 7.61. The van der Waals surface area contributed by atoms with Crippen LogP contribution in [0.4, 0.5) is 4.39 Å². The SMILES string of the molecule is COCCO.COc1ccc(F)cc1CCn1c(=O)n(C(C)(C)C(=O)OC(C)C)c(=O)c2c(C)c(-n3nccn3)sc21. The van der Waals surface area contributed by atoms with E-state index in [0.29, 0.717) is 33.3 Å². The summed E-state index contributed by atoms with van der Waals surface area (Å²) in [5.74, 6) is -0.667. The molecule has 0 unspecified atom stereocenters. The van der Waals surface area contributed by atoms with Crippen molar-refractivity contribution in [1.29, 1.82) is 0 Å². The van der Waals surface area contributed by atoms with Crippen molar-refractivity contribution in [3.05, 3.63) is 68.4 Å². The number of hydrogen-bond donors (Lipinski definition) is 1. The zero-order valence-electron chi connectivity index (χ0n) is 24.7. The molecule has 0 aliphatic heterocycles. The highest BCUT2D eigenvalue weighted by molar-refractivity contribution is 7.21. The Morgan fingerprint density at radius 2 is 1.83 bits per heavy atom. The van der Waals surface area contributed by atoms with E-state index in [1.54, 1.807) is 27.9 Å². The molecule has 0 saturated carbocycles. The van der Waals surface area contributed by atoms with Gasteiger partial charge in [0.05, 0.1) is 44.2 Å². The van der Waals surface area contributed by atoms with Crippen molar-refractivity contribution in [3.63, 3.8) is 0 Å². The second-order valence-corrected chi connectivity index (χ2v) is 11.0. The summed E-state index contributed by atoms with van der Waals surface area (Å²) in [6.45, 7) is 8.74. The summed E-state index contributed by atoms with van der Waals surface area (Å²) >= 11 is 1.19. The molecule has 4 aromatic rings. The van der Waals surface area contributed by atoms with Crippen LogP contribution in [0.5, 0.6) is 5.75 Å². The van der Waals surface area contributed by atoms with Crippen LogP contribution in [0.2, 0.25) is 0 Å². The van der Waals surface area contributed by atoms with Crippen LogP contribution < -0.4 is 16.0 Å². The molecule has 0 spiro atoms. The summed E-state index contributed by atoms with van der Waals surface area (Å²) in [6, 6.07) is 4.16. The van der Waals surface area contributed by atoms with Crippen molar-refractivity contribution >= 4 is 27.5 Å². The van der Waals surface area contributed by atoms with Gasteiger partial charge in [-0.3, -0.25) is 9.36 Å². The lowest BCUT2D eigenvalue weighted by Gasteiger charge is -2.26. The number of nitrogens with zero attached hydrogens (tertiary/aromatic N) is 5. The van der Waals surface area contributed by atoms with Gasteiger partial charge in [-0.25, -0.2) is 18.5 Å². The van der Waals surface area contributed by atoms with Crippen LogP contribution in [0, 0.1) is 12.7 Å². The highest BCUT2D eigenvalue weighted by atomic mass is 32.1. The van der Waals surface area contributed by atoms with E-state index in [4.69, 9.17) is 14.6 Å². The molecule has 0 aliphatic rings. The molecule has 3 heterocycles. The first-order chi connectivity index (χ1) is 19.9. The van der Waals surface area contributed by atoms with Crippen molar-refractivity contribution in [2.45, 2.75) is 59.2 Å². The van der Waals surface area contributed by atoms with Gasteiger partial charge < -0.3 is 19.3 Å². The number of esters is 1. The average Bonchev–Trinajstić information content (AvgIpc) is 3.57. The summed E-state index contributed by atoms with van der Waals surface area (Å²) < 4.78 is 31.5. The zero-order chi connectivity index (χ0) is 31.2. The minimum absolute atomic E-state index is 0.0939. The number of carbonyl (C=O) groups excluding carboxylic acids is 1. The van der Waals surface area contributed by atoms with Gasteiger partial charge in [0, 0.05) is 19.2 Å². The van der Waals surface area contributed by atoms with Crippen molar-refractivity contribution < 1.29 is 28.5 Å². The van der Waals surface area contributed by atoms with Gasteiger partial charge in [0.2, 0.25) is 0 Å². The van der Waals surface area contributed by atoms with Gasteiger partial charge in [0.1, 0.15) is 26.9 Å². The summed E-state index contributed by atoms with van der Waals surface area (Å²) in [6.07, 6.45) is 2.82. The van der Waals surface area contributed by atoms with Gasteiger partial charge in [0.15, 0.2) is 0 Å². The number of rotatable bonds is 10. The number of hydrogen-bond acceptors (Lipinski definition) is 10. The number of aliphatic hydroxyl groups is 1. The number of fused-ring (bicyclic) bond motifs is 1. The minimum atomic E-state index is -1.59. The van der Waals surface area contributed by atoms with Crippen LogP contribution in [0.25, 0.3) is 15.2 Å². The lowest BCUT2D eigenvalue weighted by molar-refractivity contribution is -0.157. The number of benzene rings is 1. The number of methoxy groups -OCH3 is 2. The lowest BCUT2D eigenvalue weighted by atomic mass is 10.1. The molecule has 4 rings (SSSR count). The number of aliphatic hydroxyl groups excluding tert-OH is 1. The molecule has 0 atom stereocenters. The van der Waals surface area contributed by atoms with E-state index >= 15 is 0 Å². The van der Waals surface area contributed by atoms with Crippen molar-refractivity contribution in [1.82, 2.24) is 24.1 Å². The molecule has 0 aliphatic carbocycles. The van der Waals surface area contributed by atoms with E-state index in [2.05, 4.69) is 14.9 Å². The number of thiophene rings is 1. The van der Waals surface area contributed by atoms with Crippen molar-refractivity contribution in [3.8, 4) is 10.8 Å². The first kappa shape index (κ1) is 32.6. The first-order valence-electron chi connectivity index (χ1n) is 13.2. The second-order valence-electron chi connectivity index (χ2n) is 10.0. The molecule has 0 bridgehead atoms. The Balaban J connectivity index is 0.000000892. The van der Waals surface area contributed by atoms with Gasteiger partial charge in [-0.1, -0.05) is 11.3 Å². The summed E-state index contributed by atoms with van der Waals surface area (Å²) in [4.78, 5) is 42.4. The smallest absolute Gasteiger partial charge is 0.333 e. The molecular formula is C28H36FN5O7S. The Kier molecular flexibility index (Phi) is 10.8. The fraction of sp³-hybridized carbons (Fsp3) is 0.464. The van der Waals surface area contributed by atoms with Crippen LogP contribution >= 0.6 is 11.3 Å². The normalized spacial score (nSPS) is 11.5. The molecule has 228 valence electrons. The maximum Gasteiger partial charge on any atom is 0.333 e. The van der Waals surface area contributed by atoms with Crippen LogP contribution in [0.15, 0.2) is 40.2 Å². The molecule has 1 N–H and O–H groups in total. The molecule has 0 fully saturated rings. The number of aryl methyl sites for hydroxylation is 3. The highest BCUT2D eigenvalue weighted by Crippen LogP contribution is 2.31. The lowest BCUT2D eigenvalue weighted by Crippen LogP contribution is -2.53. The van der Waals surface area contributed by atoms with E-state index in [9.17, 15) is 18.8 Å². The molecule has 0 amide bonds. The number of halogens is 1. The molecular weight excluding hydrogens is 569 g/mol. The molecule has 0 saturated heterocycles. The molecule has 1 aromatic carbocycles. The summed E-state index contributed by atoms with van der Waals surface area (Å²) in [7, 11) is 3.03. The molecule has 42 heavy (non-hydrogen) atoms. The van der Waals surface area contributed by atoms with E-state index in [0.717, 1.165) is 4.57 Å². The molecule has 0 radical (unpaired) electrons. The van der Waals surface area contributed by atoms with Gasteiger partial charge in [-0.15, -0.1) is 4.80 Å². The van der Waals surface area contributed by atoms with E-state index in [1.165, 1.54) is 72.3 Å². The highest BCUT2D eigenvalue weighted by Gasteiger charge is 2.37. The van der Waals surface area contributed by atoms with Gasteiger partial charge >= 0.3 is 11.7 Å². The van der Waals surface area contributed by atoms with E-state index < -0.39 is 34.7 Å². The predicted octanol–water partition coefficient (Wildman–Crippen LogP) is 2.82. The molecule has 14 heteroatoms. The van der Waals surface area contributed by atoms with Crippen molar-refractivity contribution in [2.24, 2.45) is 0 Å². The van der Waals surface area contributed by atoms with E-state index in [1.807, 2.05) is 0 Å². The quantitative estimate of drug-likeness (QED) is 0.270. The number of aromatic nitrogens is 5. The van der Waals surface area contributed by atoms with Crippen LogP contribution in [-0.4, -0.2) is 68.7 Å². The van der Waals surface area contributed by atoms with Gasteiger partial charge in [0.25, 0.3) is 5.56 Å². The maximum atomic E-state index is 14.0. The van der Waals surface area contributed by atoms with Gasteiger partial charge in [-0.05, 0) is 64.8 Å². The molecule has 3 aromatic heterocycles. The average molecular weight is 606 g/mol. The summed E-state index contributed by atoms with van der Waals surface area (Å²) in [5.41, 5.74) is -1.76. The second kappa shape index (κ2) is 13.9. The van der Waals surface area contributed by atoms with Crippen molar-refractivity contribution in [2.75, 3.05) is 27.4 Å². The Morgan fingerprint density at radius 3 is 2.38 bits per heavy atom. The first-order valence-corrected chi connectivity index (χ1v) is 14.0. The van der Waals surface area contributed by atoms with Crippen LogP contribution in [0.3, 0.4) is 0 Å². The maximum absolute atomic E-state index is 14.0. The Labute approximate surface area is 245 Å². The molecule has 12 nitrogen and oxygen atoms in total. The van der Waals surface area contributed by atoms with Gasteiger partial charge in [-0.2, -0.15) is 10.2 Å². The Hall–Kier alpha value is -3.88. The predicted molar refractivity (Wildman–Crippen MR) is 156 cm³/mol. The zero-order valence-corrected chi connectivity index (χ0v) is 25.5. The standard InChI is InChI=1S/C25H28FN5O5S.C3H8O2/c1-14(2)36-23(33)25(4,5)30-20(32)19-15(3)21(31-27-10-11-28-31)37-22(19)29(24(30)34)12-9-16-13-17(26)7-8-18(16)35-6;1-5-3-2-4/h7-8,10-11,13-14H,9,12H2,1-6H3;4H,2-3H2,1H3. The Morgan fingerprint density at radius 1 is 1.17 bits per heavy atom. The monoisotopic (exact) mass is 605 g/mol. The largest absolute Gasteiger partial charge is 0.496 e. The summed E-state index contributed by atoms with van der Waals surface area (Å²) in [5, 5.41) is 17.1. The third kappa shape index (κ3) is 6.77. The fourth-order valence-electron chi connectivity index (χ4n) is 4.25. The topological polar surface area (TPSA) is 140 Å². The van der Waals surface area contributed by atoms with Crippen LogP contribution in [-0.2, 0) is 32.8 Å². The minimum Gasteiger partial charge on any atom is -0.496 e. The Bertz CT molecular complexity index is 1640. The third-order valence-electron chi connectivity index (χ3n) is 6.33. The van der Waals surface area contributed by atoms with E-state index in [-0.39, 0.29) is 25.0 Å². The number of carbonyl (C=O) groups is 1.